The van der Waals surface area contributed by atoms with Crippen LogP contribution in [0.3, 0.4) is 0 Å². The minimum absolute atomic E-state index is 0. The van der Waals surface area contributed by atoms with Crippen LogP contribution in [0.4, 0.5) is 0 Å². The summed E-state index contributed by atoms with van der Waals surface area (Å²) in [6.45, 7) is 0. The van der Waals surface area contributed by atoms with E-state index in [2.05, 4.69) is 60.1 Å². The van der Waals surface area contributed by atoms with E-state index in [4.69, 9.17) is 8.83 Å². The maximum Gasteiger partial charge on any atom is 2.00 e. The summed E-state index contributed by atoms with van der Waals surface area (Å²) in [7, 11) is 0. The number of hydrogen-bond donors (Lipinski definition) is 0. The molecule has 2 aromatic heterocycles. The molecule has 6 rings (SSSR count). The Morgan fingerprint density at radius 2 is 1.00 bits per heavy atom. The van der Waals surface area contributed by atoms with E-state index in [-0.39, 0.29) is 26.2 Å². The normalized spacial score (nSPS) is 10.0. The third-order valence-corrected chi connectivity index (χ3v) is 4.85. The molecular weight excluding hydrogens is 483 g/mol. The first-order valence-corrected chi connectivity index (χ1v) is 10.4. The molecule has 0 bridgehead atoms. The predicted molar refractivity (Wildman–Crippen MR) is 126 cm³/mol. The second-order valence-electron chi connectivity index (χ2n) is 6.70. The molecule has 6 aromatic rings. The molecular formula is C27H21ClO2Zr. The van der Waals surface area contributed by atoms with Gasteiger partial charge >= 0.3 is 26.2 Å². The van der Waals surface area contributed by atoms with Gasteiger partial charge in [0.05, 0.1) is 24.0 Å². The molecule has 0 saturated heterocycles. The van der Waals surface area contributed by atoms with E-state index in [0.717, 1.165) is 22.6 Å². The van der Waals surface area contributed by atoms with Gasteiger partial charge in [-0.3, -0.25) is 0 Å². The molecule has 0 spiro atoms. The van der Waals surface area contributed by atoms with Gasteiger partial charge in [0, 0.05) is 6.38 Å². The summed E-state index contributed by atoms with van der Waals surface area (Å²) >= 11 is 4.64. The molecule has 0 atom stereocenters. The van der Waals surface area contributed by atoms with Gasteiger partial charge < -0.3 is 8.83 Å². The Labute approximate surface area is 205 Å². The molecule has 2 nitrogen and oxygen atoms in total. The van der Waals surface area contributed by atoms with Gasteiger partial charge in [-0.25, -0.2) is 0 Å². The standard InChI is InChI=1S/2C13H9O.CH3Cl.Zr/c2*1-2-5-11-9-12(8-10(11)4-1)13-6-3-7-14-13;1-2;/h2*1-9H;1H3;/q2*-1;;+2. The Kier molecular flexibility index (Phi) is 8.29. The van der Waals surface area contributed by atoms with Crippen molar-refractivity contribution in [1.29, 1.82) is 0 Å². The monoisotopic (exact) mass is 502 g/mol. The summed E-state index contributed by atoms with van der Waals surface area (Å²) in [6.07, 6.45) is 4.88. The number of hydrogen-bond acceptors (Lipinski definition) is 2. The van der Waals surface area contributed by atoms with Gasteiger partial charge in [-0.15, -0.1) is 69.5 Å². The number of benzene rings is 2. The molecule has 2 heterocycles. The van der Waals surface area contributed by atoms with E-state index in [1.807, 2.05) is 48.5 Å². The van der Waals surface area contributed by atoms with E-state index in [1.54, 1.807) is 12.5 Å². The molecule has 0 aliphatic carbocycles. The summed E-state index contributed by atoms with van der Waals surface area (Å²) in [6, 6.07) is 33.0. The molecule has 0 unspecified atom stereocenters. The Balaban J connectivity index is 0.000000158. The number of alkyl halides is 1. The van der Waals surface area contributed by atoms with Gasteiger partial charge in [-0.05, 0) is 12.1 Å². The van der Waals surface area contributed by atoms with Gasteiger partial charge in [0.1, 0.15) is 0 Å². The molecule has 4 heteroatoms. The van der Waals surface area contributed by atoms with Crippen molar-refractivity contribution in [3.63, 3.8) is 0 Å². The van der Waals surface area contributed by atoms with Crippen molar-refractivity contribution in [3.05, 3.63) is 110 Å². The molecule has 0 aliphatic heterocycles. The second-order valence-corrected chi connectivity index (χ2v) is 6.70. The fourth-order valence-corrected chi connectivity index (χ4v) is 3.47. The number of furan rings is 2. The van der Waals surface area contributed by atoms with Gasteiger partial charge in [0.15, 0.2) is 0 Å². The first-order chi connectivity index (χ1) is 14.9. The van der Waals surface area contributed by atoms with E-state index in [1.165, 1.54) is 27.9 Å². The van der Waals surface area contributed by atoms with Crippen LogP contribution in [0.25, 0.3) is 44.2 Å². The average molecular weight is 504 g/mol. The number of rotatable bonds is 2. The first-order valence-electron chi connectivity index (χ1n) is 9.63. The Bertz CT molecular complexity index is 1140. The fraction of sp³-hybridized carbons (Fsp3) is 0.0370. The molecule has 0 fully saturated rings. The predicted octanol–water partition coefficient (Wildman–Crippen LogP) is 8.49. The summed E-state index contributed by atoms with van der Waals surface area (Å²) < 4.78 is 10.7. The Morgan fingerprint density at radius 3 is 1.35 bits per heavy atom. The topological polar surface area (TPSA) is 26.3 Å². The van der Waals surface area contributed by atoms with Crippen molar-refractivity contribution in [2.24, 2.45) is 0 Å². The smallest absolute Gasteiger partial charge is 0.499 e. The Hall–Kier alpha value is -2.61. The van der Waals surface area contributed by atoms with E-state index < -0.39 is 0 Å². The van der Waals surface area contributed by atoms with Gasteiger partial charge in [0.2, 0.25) is 0 Å². The zero-order valence-electron chi connectivity index (χ0n) is 17.1. The molecule has 0 saturated carbocycles. The van der Waals surface area contributed by atoms with E-state index in [9.17, 15) is 0 Å². The largest absolute Gasteiger partial charge is 2.00 e. The average Bonchev–Trinajstić information content (AvgIpc) is 3.60. The summed E-state index contributed by atoms with van der Waals surface area (Å²) in [5.74, 6) is 1.86. The van der Waals surface area contributed by atoms with Gasteiger partial charge in [-0.2, -0.15) is 0 Å². The van der Waals surface area contributed by atoms with Crippen LogP contribution in [0.1, 0.15) is 0 Å². The van der Waals surface area contributed by atoms with Crippen LogP contribution in [-0.2, 0) is 26.2 Å². The van der Waals surface area contributed by atoms with Crippen molar-refractivity contribution < 1.29 is 35.0 Å². The molecule has 0 aliphatic rings. The molecule has 4 aromatic carbocycles. The van der Waals surface area contributed by atoms with E-state index in [0.29, 0.717) is 0 Å². The van der Waals surface area contributed by atoms with Crippen molar-refractivity contribution in [3.8, 4) is 22.6 Å². The number of halogens is 1. The van der Waals surface area contributed by atoms with Crippen LogP contribution >= 0.6 is 11.6 Å². The van der Waals surface area contributed by atoms with Gasteiger partial charge in [-0.1, -0.05) is 59.7 Å². The van der Waals surface area contributed by atoms with Crippen LogP contribution in [0.15, 0.2) is 118 Å². The van der Waals surface area contributed by atoms with E-state index >= 15 is 0 Å². The third kappa shape index (κ3) is 5.36. The Morgan fingerprint density at radius 1 is 0.581 bits per heavy atom. The maximum atomic E-state index is 5.35. The molecule has 31 heavy (non-hydrogen) atoms. The third-order valence-electron chi connectivity index (χ3n) is 4.85. The summed E-state index contributed by atoms with van der Waals surface area (Å²) in [4.78, 5) is 0. The van der Waals surface area contributed by atoms with Gasteiger partial charge in [0.25, 0.3) is 0 Å². The van der Waals surface area contributed by atoms with Crippen LogP contribution < -0.4 is 0 Å². The summed E-state index contributed by atoms with van der Waals surface area (Å²) in [5.41, 5.74) is 2.30. The minimum Gasteiger partial charge on any atom is -0.499 e. The maximum absolute atomic E-state index is 5.35. The first kappa shape index (κ1) is 23.1. The molecule has 0 amide bonds. The second kappa shape index (κ2) is 11.1. The zero-order valence-corrected chi connectivity index (χ0v) is 20.3. The van der Waals surface area contributed by atoms with Crippen LogP contribution in [-0.4, -0.2) is 6.38 Å². The minimum atomic E-state index is 0. The molecule has 0 radical (unpaired) electrons. The van der Waals surface area contributed by atoms with Crippen LogP contribution in [0.2, 0.25) is 0 Å². The zero-order chi connectivity index (χ0) is 20.8. The van der Waals surface area contributed by atoms with Crippen LogP contribution in [0.5, 0.6) is 0 Å². The van der Waals surface area contributed by atoms with Crippen molar-refractivity contribution in [2.75, 3.05) is 6.38 Å². The molecule has 152 valence electrons. The summed E-state index contributed by atoms with van der Waals surface area (Å²) in [5, 5.41) is 5.05. The fourth-order valence-electron chi connectivity index (χ4n) is 3.47. The van der Waals surface area contributed by atoms with Crippen molar-refractivity contribution >= 4 is 33.1 Å². The van der Waals surface area contributed by atoms with Crippen molar-refractivity contribution in [1.82, 2.24) is 0 Å². The quantitative estimate of drug-likeness (QED) is 0.175. The van der Waals surface area contributed by atoms with Crippen molar-refractivity contribution in [2.45, 2.75) is 0 Å². The number of fused-ring (bicyclic) bond motifs is 2. The van der Waals surface area contributed by atoms with Crippen LogP contribution in [0, 0.1) is 0 Å². The SMILES string of the molecule is CCl.[Zr+2].c1coc(-c2cc3ccccc3[cH-]2)c1.c1coc(-c2cc3ccccc3[cH-]2)c1. The molecule has 0 N–H and O–H groups in total.